The predicted octanol–water partition coefficient (Wildman–Crippen LogP) is 4.19. The number of nitrogens with one attached hydrogen (secondary N) is 1. The van der Waals surface area contributed by atoms with Crippen LogP contribution in [0.25, 0.3) is 15.3 Å². The summed E-state index contributed by atoms with van der Waals surface area (Å²) in [5.41, 5.74) is 1.45. The summed E-state index contributed by atoms with van der Waals surface area (Å²) >= 11 is 1.30. The maximum atomic E-state index is 14.0. The van der Waals surface area contributed by atoms with Crippen LogP contribution < -0.4 is 10.1 Å². The minimum absolute atomic E-state index is 0.288. The SMILES string of the molecule is COc1cccc(C(=O)Nc2cc(C)nn2-c2nc3c(F)cccc3s2)c1. The second kappa shape index (κ2) is 6.81. The number of rotatable bonds is 4. The third-order valence-corrected chi connectivity index (χ3v) is 4.94. The molecular formula is C19H15FN4O2S. The summed E-state index contributed by atoms with van der Waals surface area (Å²) in [6.45, 7) is 1.81. The molecule has 2 heterocycles. The highest BCUT2D eigenvalue weighted by molar-refractivity contribution is 7.20. The maximum absolute atomic E-state index is 14.0. The van der Waals surface area contributed by atoms with Gasteiger partial charge in [-0.1, -0.05) is 23.5 Å². The zero-order valence-corrected chi connectivity index (χ0v) is 15.4. The Morgan fingerprint density at radius 3 is 2.81 bits per heavy atom. The maximum Gasteiger partial charge on any atom is 0.256 e. The van der Waals surface area contributed by atoms with Crippen LogP contribution in [0.3, 0.4) is 0 Å². The minimum atomic E-state index is -0.388. The number of ether oxygens (including phenoxy) is 1. The lowest BCUT2D eigenvalue weighted by molar-refractivity contribution is 0.102. The van der Waals surface area contributed by atoms with Crippen molar-refractivity contribution in [1.82, 2.24) is 14.8 Å². The number of hydrogen-bond acceptors (Lipinski definition) is 5. The van der Waals surface area contributed by atoms with Crippen molar-refractivity contribution < 1.29 is 13.9 Å². The smallest absolute Gasteiger partial charge is 0.256 e. The number of carbonyl (C=O) groups excluding carboxylic acids is 1. The summed E-state index contributed by atoms with van der Waals surface area (Å²) in [6.07, 6.45) is 0. The fourth-order valence-electron chi connectivity index (χ4n) is 2.68. The number of fused-ring (bicyclic) bond motifs is 1. The summed E-state index contributed by atoms with van der Waals surface area (Å²) in [6, 6.07) is 13.4. The third-order valence-electron chi connectivity index (χ3n) is 3.94. The Morgan fingerprint density at radius 1 is 1.22 bits per heavy atom. The first-order valence-corrected chi connectivity index (χ1v) is 8.94. The molecule has 27 heavy (non-hydrogen) atoms. The molecule has 0 fully saturated rings. The van der Waals surface area contributed by atoms with E-state index < -0.39 is 0 Å². The van der Waals surface area contributed by atoms with Gasteiger partial charge in [0.25, 0.3) is 5.91 Å². The van der Waals surface area contributed by atoms with Crippen LogP contribution in [0.15, 0.2) is 48.5 Å². The lowest BCUT2D eigenvalue weighted by Gasteiger charge is -2.07. The van der Waals surface area contributed by atoms with E-state index in [4.69, 9.17) is 4.74 Å². The number of amides is 1. The topological polar surface area (TPSA) is 69.0 Å². The van der Waals surface area contributed by atoms with Gasteiger partial charge in [0.15, 0.2) is 0 Å². The van der Waals surface area contributed by atoms with Gasteiger partial charge in [0, 0.05) is 11.6 Å². The normalized spacial score (nSPS) is 10.9. The van der Waals surface area contributed by atoms with Crippen LogP contribution in [-0.2, 0) is 0 Å². The van der Waals surface area contributed by atoms with Gasteiger partial charge in [0.1, 0.15) is 22.9 Å². The molecule has 0 atom stereocenters. The van der Waals surface area contributed by atoms with E-state index in [1.54, 1.807) is 49.6 Å². The van der Waals surface area contributed by atoms with Crippen molar-refractivity contribution in [3.63, 3.8) is 0 Å². The first-order chi connectivity index (χ1) is 13.0. The van der Waals surface area contributed by atoms with Crippen molar-refractivity contribution in [2.45, 2.75) is 6.92 Å². The number of halogens is 1. The Kier molecular flexibility index (Phi) is 4.33. The van der Waals surface area contributed by atoms with Crippen LogP contribution in [0.2, 0.25) is 0 Å². The van der Waals surface area contributed by atoms with E-state index in [0.29, 0.717) is 32.7 Å². The number of benzene rings is 2. The molecule has 8 heteroatoms. The Balaban J connectivity index is 1.70. The van der Waals surface area contributed by atoms with E-state index >= 15 is 0 Å². The highest BCUT2D eigenvalue weighted by Crippen LogP contribution is 2.29. The lowest BCUT2D eigenvalue weighted by Crippen LogP contribution is -2.15. The molecule has 4 aromatic rings. The Morgan fingerprint density at radius 2 is 2.04 bits per heavy atom. The van der Waals surface area contributed by atoms with Gasteiger partial charge in [0.2, 0.25) is 5.13 Å². The number of methoxy groups -OCH3 is 1. The molecule has 0 spiro atoms. The molecule has 6 nitrogen and oxygen atoms in total. The van der Waals surface area contributed by atoms with Gasteiger partial charge in [-0.15, -0.1) is 0 Å². The largest absolute Gasteiger partial charge is 0.497 e. The van der Waals surface area contributed by atoms with Gasteiger partial charge in [-0.3, -0.25) is 4.79 Å². The molecule has 0 saturated carbocycles. The second-order valence-electron chi connectivity index (χ2n) is 5.85. The quantitative estimate of drug-likeness (QED) is 0.575. The molecule has 0 radical (unpaired) electrons. The van der Waals surface area contributed by atoms with Gasteiger partial charge in [-0.25, -0.2) is 9.37 Å². The molecular weight excluding hydrogens is 367 g/mol. The fraction of sp³-hybridized carbons (Fsp3) is 0.105. The molecule has 2 aromatic heterocycles. The molecule has 0 aliphatic carbocycles. The minimum Gasteiger partial charge on any atom is -0.497 e. The number of aryl methyl sites for hydroxylation is 1. The van der Waals surface area contributed by atoms with E-state index in [1.165, 1.54) is 22.1 Å². The number of carbonyl (C=O) groups is 1. The van der Waals surface area contributed by atoms with Gasteiger partial charge in [0.05, 0.1) is 17.5 Å². The van der Waals surface area contributed by atoms with E-state index in [9.17, 15) is 9.18 Å². The molecule has 4 rings (SSSR count). The van der Waals surface area contributed by atoms with E-state index in [0.717, 1.165) is 0 Å². The Bertz CT molecular complexity index is 1150. The van der Waals surface area contributed by atoms with Gasteiger partial charge >= 0.3 is 0 Å². The fourth-order valence-corrected chi connectivity index (χ4v) is 3.63. The van der Waals surface area contributed by atoms with Crippen molar-refractivity contribution in [3.8, 4) is 10.9 Å². The number of hydrogen-bond donors (Lipinski definition) is 1. The molecule has 0 bridgehead atoms. The molecule has 0 unspecified atom stereocenters. The average Bonchev–Trinajstić information content (AvgIpc) is 3.26. The van der Waals surface area contributed by atoms with Crippen molar-refractivity contribution in [3.05, 3.63) is 65.6 Å². The summed E-state index contributed by atoms with van der Waals surface area (Å²) in [4.78, 5) is 17.0. The molecule has 2 aromatic carbocycles. The Hall–Kier alpha value is -3.26. The van der Waals surface area contributed by atoms with E-state index in [1.807, 2.05) is 6.92 Å². The van der Waals surface area contributed by atoms with Crippen molar-refractivity contribution in [2.75, 3.05) is 12.4 Å². The van der Waals surface area contributed by atoms with Gasteiger partial charge < -0.3 is 10.1 Å². The number of thiazole rings is 1. The average molecular weight is 382 g/mol. The highest BCUT2D eigenvalue weighted by atomic mass is 32.1. The van der Waals surface area contributed by atoms with Gasteiger partial charge in [-0.2, -0.15) is 9.78 Å². The zero-order chi connectivity index (χ0) is 19.0. The highest BCUT2D eigenvalue weighted by Gasteiger charge is 2.16. The van der Waals surface area contributed by atoms with Gasteiger partial charge in [-0.05, 0) is 37.3 Å². The molecule has 1 N–H and O–H groups in total. The molecule has 1 amide bonds. The van der Waals surface area contributed by atoms with Crippen LogP contribution >= 0.6 is 11.3 Å². The number of aromatic nitrogens is 3. The van der Waals surface area contributed by atoms with Crippen molar-refractivity contribution in [2.24, 2.45) is 0 Å². The third kappa shape index (κ3) is 3.26. The van der Waals surface area contributed by atoms with Crippen LogP contribution in [0, 0.1) is 12.7 Å². The number of para-hydroxylation sites is 1. The molecule has 0 aliphatic heterocycles. The van der Waals surface area contributed by atoms with Crippen LogP contribution in [0.4, 0.5) is 10.2 Å². The standard InChI is InChI=1S/C19H15FN4O2S/c1-11-9-16(21-18(25)12-5-3-6-13(10-12)26-2)24(23-11)19-22-17-14(20)7-4-8-15(17)27-19/h3-10H,1-2H3,(H,21,25). The molecule has 0 aliphatic rings. The Labute approximate surface area is 158 Å². The first-order valence-electron chi connectivity index (χ1n) is 8.12. The van der Waals surface area contributed by atoms with Crippen molar-refractivity contribution >= 4 is 33.3 Å². The van der Waals surface area contributed by atoms with Crippen LogP contribution in [-0.4, -0.2) is 27.8 Å². The molecule has 136 valence electrons. The number of anilines is 1. The van der Waals surface area contributed by atoms with E-state index in [2.05, 4.69) is 15.4 Å². The lowest BCUT2D eigenvalue weighted by atomic mass is 10.2. The first kappa shape index (κ1) is 17.2. The van der Waals surface area contributed by atoms with Crippen molar-refractivity contribution in [1.29, 1.82) is 0 Å². The second-order valence-corrected chi connectivity index (χ2v) is 6.86. The monoisotopic (exact) mass is 382 g/mol. The molecule has 0 saturated heterocycles. The zero-order valence-electron chi connectivity index (χ0n) is 14.6. The number of nitrogens with zero attached hydrogens (tertiary/aromatic N) is 3. The van der Waals surface area contributed by atoms with Crippen LogP contribution in [0.1, 0.15) is 16.1 Å². The van der Waals surface area contributed by atoms with E-state index in [-0.39, 0.29) is 17.2 Å². The summed E-state index contributed by atoms with van der Waals surface area (Å²) in [7, 11) is 1.54. The summed E-state index contributed by atoms with van der Waals surface area (Å²) in [5, 5.41) is 7.70. The van der Waals surface area contributed by atoms with Crippen LogP contribution in [0.5, 0.6) is 5.75 Å². The summed E-state index contributed by atoms with van der Waals surface area (Å²) in [5.74, 6) is 0.358. The predicted molar refractivity (Wildman–Crippen MR) is 102 cm³/mol. The summed E-state index contributed by atoms with van der Waals surface area (Å²) < 4.78 is 21.3.